The molecule has 4 aromatic rings. The van der Waals surface area contributed by atoms with Gasteiger partial charge in [-0.15, -0.1) is 11.3 Å². The average Bonchev–Trinajstić information content (AvgIpc) is 3.31. The molecule has 2 aromatic heterocycles. The number of carbonyl (C=O) groups excluding carboxylic acids is 1. The van der Waals surface area contributed by atoms with Crippen molar-refractivity contribution in [2.75, 3.05) is 7.11 Å². The number of nitrogens with one attached hydrogen (secondary N) is 1. The van der Waals surface area contributed by atoms with Gasteiger partial charge in [0.15, 0.2) is 11.5 Å². The van der Waals surface area contributed by atoms with Gasteiger partial charge in [0.25, 0.3) is 11.5 Å². The molecule has 8 nitrogen and oxygen atoms in total. The Balaban J connectivity index is 1.26. The number of hydrogen-bond donors (Lipinski definition) is 1. The van der Waals surface area contributed by atoms with E-state index in [0.717, 1.165) is 29.7 Å². The second-order valence-electron chi connectivity index (χ2n) is 9.80. The Hall–Kier alpha value is -3.40. The number of thiophene rings is 1. The van der Waals surface area contributed by atoms with Gasteiger partial charge in [-0.1, -0.05) is 36.2 Å². The van der Waals surface area contributed by atoms with Crippen molar-refractivity contribution in [2.45, 2.75) is 45.8 Å². The Kier molecular flexibility index (Phi) is 8.44. The molecule has 11 heteroatoms. The first kappa shape index (κ1) is 28.1. The molecule has 2 unspecified atom stereocenters. The number of halogens is 2. The Morgan fingerprint density at radius 2 is 2.05 bits per heavy atom. The largest absolute Gasteiger partial charge is 0.493 e. The summed E-state index contributed by atoms with van der Waals surface area (Å²) in [7, 11) is 1.53. The molecule has 2 atom stereocenters. The highest BCUT2D eigenvalue weighted by molar-refractivity contribution is 7.18. The van der Waals surface area contributed by atoms with Crippen LogP contribution in [0.2, 0.25) is 10.0 Å². The van der Waals surface area contributed by atoms with Crippen molar-refractivity contribution in [3.63, 3.8) is 0 Å². The highest BCUT2D eigenvalue weighted by Gasteiger charge is 2.25. The molecule has 40 heavy (non-hydrogen) atoms. The van der Waals surface area contributed by atoms with Crippen LogP contribution in [0.1, 0.15) is 47.9 Å². The molecule has 0 saturated heterocycles. The zero-order valence-electron chi connectivity index (χ0n) is 22.2. The van der Waals surface area contributed by atoms with E-state index in [9.17, 15) is 9.59 Å². The van der Waals surface area contributed by atoms with Crippen LogP contribution in [0.3, 0.4) is 0 Å². The number of methoxy groups -OCH3 is 1. The van der Waals surface area contributed by atoms with E-state index in [1.54, 1.807) is 54.7 Å². The molecule has 0 saturated carbocycles. The number of amides is 1. The molecular weight excluding hydrogens is 571 g/mol. The number of hydrogen-bond acceptors (Lipinski definition) is 7. The fraction of sp³-hybridized carbons (Fsp3) is 0.310. The maximum absolute atomic E-state index is 13.3. The quantitative estimate of drug-likeness (QED) is 0.193. The maximum Gasteiger partial charge on any atom is 0.263 e. The zero-order chi connectivity index (χ0) is 28.4. The average molecular weight is 600 g/mol. The van der Waals surface area contributed by atoms with Gasteiger partial charge >= 0.3 is 0 Å². The second kappa shape index (κ2) is 12.0. The number of aromatic nitrogens is 2. The standard InChI is InChI=1S/C29H28Cl2N4O4S/c1-16-7-9-19-25(11-16)40-28-26(19)29(37)35(15-32-28)17(2)27(36)34-33-13-18-8-10-23(24(12-18)38-3)39-14-20-21(30)5-4-6-22(20)31/h4-6,8,10,12-13,15-17H,7,9,11,14H2,1-3H3,(H,34,36)/b33-13+. The summed E-state index contributed by atoms with van der Waals surface area (Å²) in [5, 5.41) is 5.76. The molecular formula is C29H28Cl2N4O4S. The van der Waals surface area contributed by atoms with Crippen LogP contribution in [0.25, 0.3) is 10.2 Å². The number of carbonyl (C=O) groups is 1. The van der Waals surface area contributed by atoms with Gasteiger partial charge in [0.2, 0.25) is 0 Å². The summed E-state index contributed by atoms with van der Waals surface area (Å²) in [5.74, 6) is 1.15. The number of rotatable bonds is 8. The van der Waals surface area contributed by atoms with Crippen LogP contribution in [0.4, 0.5) is 0 Å². The van der Waals surface area contributed by atoms with Crippen LogP contribution in [0.15, 0.2) is 52.6 Å². The van der Waals surface area contributed by atoms with E-state index in [1.807, 2.05) is 0 Å². The lowest BCUT2D eigenvalue weighted by molar-refractivity contribution is -0.123. The van der Waals surface area contributed by atoms with E-state index in [-0.39, 0.29) is 12.2 Å². The van der Waals surface area contributed by atoms with Crippen LogP contribution in [0, 0.1) is 5.92 Å². The number of hydrazone groups is 1. The van der Waals surface area contributed by atoms with Crippen LogP contribution in [-0.2, 0) is 24.2 Å². The van der Waals surface area contributed by atoms with E-state index < -0.39 is 11.9 Å². The third-order valence-electron chi connectivity index (χ3n) is 7.05. The molecule has 5 rings (SSSR count). The molecule has 1 aliphatic carbocycles. The minimum Gasteiger partial charge on any atom is -0.493 e. The lowest BCUT2D eigenvalue weighted by Gasteiger charge is -2.18. The van der Waals surface area contributed by atoms with E-state index >= 15 is 0 Å². The normalized spacial score (nSPS) is 15.7. The van der Waals surface area contributed by atoms with Gasteiger partial charge in [-0.2, -0.15) is 5.10 Å². The molecule has 1 N–H and O–H groups in total. The molecule has 0 bridgehead atoms. The van der Waals surface area contributed by atoms with Crippen molar-refractivity contribution < 1.29 is 14.3 Å². The van der Waals surface area contributed by atoms with E-state index in [4.69, 9.17) is 32.7 Å². The first-order valence-corrected chi connectivity index (χ1v) is 14.4. The molecule has 0 fully saturated rings. The van der Waals surface area contributed by atoms with E-state index in [2.05, 4.69) is 22.4 Å². The summed E-state index contributed by atoms with van der Waals surface area (Å²) >= 11 is 14.0. The summed E-state index contributed by atoms with van der Waals surface area (Å²) < 4.78 is 12.7. The Bertz CT molecular complexity index is 1650. The fourth-order valence-corrected chi connectivity index (χ4v) is 6.56. The Labute approximate surface area is 245 Å². The minimum absolute atomic E-state index is 0.170. The summed E-state index contributed by atoms with van der Waals surface area (Å²) in [4.78, 5) is 32.7. The van der Waals surface area contributed by atoms with Crippen molar-refractivity contribution in [3.8, 4) is 11.5 Å². The van der Waals surface area contributed by atoms with Gasteiger partial charge in [-0.3, -0.25) is 14.2 Å². The maximum atomic E-state index is 13.3. The summed E-state index contributed by atoms with van der Waals surface area (Å²) in [5.41, 5.74) is 4.77. The lowest BCUT2D eigenvalue weighted by atomic mass is 9.89. The minimum atomic E-state index is -0.790. The summed E-state index contributed by atoms with van der Waals surface area (Å²) in [6, 6.07) is 9.71. The number of ether oxygens (including phenoxy) is 2. The first-order chi connectivity index (χ1) is 19.3. The zero-order valence-corrected chi connectivity index (χ0v) is 24.6. The Morgan fingerprint density at radius 1 is 1.27 bits per heavy atom. The van der Waals surface area contributed by atoms with E-state index in [1.165, 1.54) is 29.1 Å². The molecule has 2 aromatic carbocycles. The summed E-state index contributed by atoms with van der Waals surface area (Å²) in [6.45, 7) is 4.05. The third kappa shape index (κ3) is 5.73. The fourth-order valence-electron chi connectivity index (χ4n) is 4.71. The molecule has 208 valence electrons. The monoisotopic (exact) mass is 598 g/mol. The highest BCUT2D eigenvalue weighted by Crippen LogP contribution is 2.36. The van der Waals surface area contributed by atoms with E-state index in [0.29, 0.717) is 44.0 Å². The van der Waals surface area contributed by atoms with Gasteiger partial charge in [-0.25, -0.2) is 10.4 Å². The van der Waals surface area contributed by atoms with Crippen molar-refractivity contribution in [2.24, 2.45) is 11.0 Å². The topological polar surface area (TPSA) is 94.8 Å². The molecule has 1 amide bonds. The van der Waals surface area contributed by atoms with Gasteiger partial charge < -0.3 is 9.47 Å². The van der Waals surface area contributed by atoms with Crippen LogP contribution in [-0.4, -0.2) is 28.8 Å². The van der Waals surface area contributed by atoms with Crippen molar-refractivity contribution in [1.29, 1.82) is 0 Å². The van der Waals surface area contributed by atoms with Crippen molar-refractivity contribution in [1.82, 2.24) is 15.0 Å². The molecule has 2 heterocycles. The lowest BCUT2D eigenvalue weighted by Crippen LogP contribution is -2.34. The Morgan fingerprint density at radius 3 is 2.80 bits per heavy atom. The van der Waals surface area contributed by atoms with Gasteiger partial charge in [0.05, 0.1) is 25.0 Å². The molecule has 0 aliphatic heterocycles. The summed E-state index contributed by atoms with van der Waals surface area (Å²) in [6.07, 6.45) is 5.81. The van der Waals surface area contributed by atoms with Crippen LogP contribution >= 0.6 is 34.5 Å². The number of nitrogens with zero attached hydrogens (tertiary/aromatic N) is 3. The van der Waals surface area contributed by atoms with Gasteiger partial charge in [0.1, 0.15) is 17.5 Å². The SMILES string of the molecule is COc1cc(/C=N/NC(=O)C(C)n2cnc3sc4c(c3c2=O)CCC(C)C4)ccc1OCc1c(Cl)cccc1Cl. The van der Waals surface area contributed by atoms with Crippen LogP contribution < -0.4 is 20.5 Å². The molecule has 1 aliphatic rings. The predicted octanol–water partition coefficient (Wildman–Crippen LogP) is 6.19. The predicted molar refractivity (Wildman–Crippen MR) is 159 cm³/mol. The number of benzene rings is 2. The number of aryl methyl sites for hydroxylation is 1. The third-order valence-corrected chi connectivity index (χ3v) is 8.92. The molecule has 0 radical (unpaired) electrons. The molecule has 0 spiro atoms. The van der Waals surface area contributed by atoms with Crippen molar-refractivity contribution >= 4 is 56.9 Å². The smallest absolute Gasteiger partial charge is 0.263 e. The number of fused-ring (bicyclic) bond motifs is 3. The van der Waals surface area contributed by atoms with Gasteiger partial charge in [-0.05, 0) is 73.6 Å². The van der Waals surface area contributed by atoms with Crippen molar-refractivity contribution in [3.05, 3.63) is 84.7 Å². The van der Waals surface area contributed by atoms with Crippen LogP contribution in [0.5, 0.6) is 11.5 Å². The first-order valence-electron chi connectivity index (χ1n) is 12.8. The highest BCUT2D eigenvalue weighted by atomic mass is 35.5. The second-order valence-corrected chi connectivity index (χ2v) is 11.7. The van der Waals surface area contributed by atoms with Gasteiger partial charge in [0, 0.05) is 20.5 Å².